The van der Waals surface area contributed by atoms with Crippen molar-refractivity contribution >= 4 is 24.0 Å². The van der Waals surface area contributed by atoms with Crippen molar-refractivity contribution in [2.75, 3.05) is 7.11 Å². The van der Waals surface area contributed by atoms with E-state index in [1.165, 1.54) is 7.11 Å². The topological polar surface area (TPSA) is 96.9 Å². The average molecular weight is 418 g/mol. The molecule has 0 aliphatic carbocycles. The van der Waals surface area contributed by atoms with Gasteiger partial charge in [0.2, 0.25) is 11.8 Å². The zero-order valence-electron chi connectivity index (χ0n) is 19.0. The molecule has 7 nitrogen and oxygen atoms in total. The molecule has 0 saturated carbocycles. The summed E-state index contributed by atoms with van der Waals surface area (Å²) in [6, 6.07) is 7.31. The molecule has 0 unspecified atom stereocenters. The first-order chi connectivity index (χ1) is 14.1. The molecule has 2 amide bonds. The zero-order valence-corrected chi connectivity index (χ0v) is 19.0. The molecule has 30 heavy (non-hydrogen) atoms. The summed E-state index contributed by atoms with van der Waals surface area (Å²) >= 11 is 0. The van der Waals surface area contributed by atoms with Crippen molar-refractivity contribution < 1.29 is 19.1 Å². The number of ether oxygens (including phenoxy) is 1. The van der Waals surface area contributed by atoms with Crippen LogP contribution in [0.2, 0.25) is 0 Å². The fourth-order valence-electron chi connectivity index (χ4n) is 2.89. The van der Waals surface area contributed by atoms with Gasteiger partial charge >= 0.3 is 5.97 Å². The van der Waals surface area contributed by atoms with Crippen molar-refractivity contribution in [1.29, 1.82) is 0 Å². The number of aliphatic imine (C=N–C) groups is 1. The number of carbonyl (C=O) groups is 3. The smallest absolute Gasteiger partial charge is 0.328 e. The van der Waals surface area contributed by atoms with Crippen molar-refractivity contribution in [3.8, 4) is 0 Å². The number of nitrogens with one attached hydrogen (secondary N) is 2. The van der Waals surface area contributed by atoms with Gasteiger partial charge in [0.25, 0.3) is 0 Å². The number of hydrogen-bond donors (Lipinski definition) is 2. The van der Waals surface area contributed by atoms with Crippen LogP contribution in [0.15, 0.2) is 35.3 Å². The predicted molar refractivity (Wildman–Crippen MR) is 118 cm³/mol. The molecule has 0 aromatic heterocycles. The number of amides is 2. The van der Waals surface area contributed by atoms with Crippen LogP contribution in [0.25, 0.3) is 0 Å². The molecule has 0 saturated heterocycles. The van der Waals surface area contributed by atoms with Crippen molar-refractivity contribution in [3.05, 3.63) is 35.9 Å². The van der Waals surface area contributed by atoms with Gasteiger partial charge in [0.15, 0.2) is 0 Å². The zero-order chi connectivity index (χ0) is 22.8. The number of esters is 1. The van der Waals surface area contributed by atoms with E-state index >= 15 is 0 Å². The second kappa shape index (κ2) is 12.1. The molecule has 0 spiro atoms. The Morgan fingerprint density at radius 1 is 0.833 bits per heavy atom. The van der Waals surface area contributed by atoms with Crippen LogP contribution in [0.3, 0.4) is 0 Å². The second-order valence-electron chi connectivity index (χ2n) is 8.36. The highest BCUT2D eigenvalue weighted by molar-refractivity contribution is 5.93. The minimum Gasteiger partial charge on any atom is -0.467 e. The van der Waals surface area contributed by atoms with Gasteiger partial charge in [-0.05, 0) is 23.3 Å². The van der Waals surface area contributed by atoms with Gasteiger partial charge in [0.1, 0.15) is 18.1 Å². The van der Waals surface area contributed by atoms with Crippen LogP contribution in [-0.4, -0.2) is 49.2 Å². The summed E-state index contributed by atoms with van der Waals surface area (Å²) in [5, 5.41) is 5.53. The molecular formula is C23H35N3O4. The first-order valence-electron chi connectivity index (χ1n) is 10.3. The van der Waals surface area contributed by atoms with Crippen LogP contribution >= 0.6 is 0 Å². The van der Waals surface area contributed by atoms with Gasteiger partial charge in [-0.2, -0.15) is 0 Å². The fraction of sp³-hybridized carbons (Fsp3) is 0.565. The van der Waals surface area contributed by atoms with Crippen LogP contribution in [0.1, 0.15) is 47.1 Å². The first kappa shape index (κ1) is 25.3. The van der Waals surface area contributed by atoms with Crippen LogP contribution in [0.5, 0.6) is 0 Å². The third-order valence-electron chi connectivity index (χ3n) is 4.75. The van der Waals surface area contributed by atoms with Crippen LogP contribution < -0.4 is 10.6 Å². The maximum absolute atomic E-state index is 12.9. The maximum Gasteiger partial charge on any atom is 0.328 e. The number of rotatable bonds is 10. The molecule has 0 aliphatic heterocycles. The van der Waals surface area contributed by atoms with Crippen LogP contribution in [0.4, 0.5) is 0 Å². The Kier molecular flexibility index (Phi) is 10.2. The number of hydrogen-bond acceptors (Lipinski definition) is 5. The summed E-state index contributed by atoms with van der Waals surface area (Å²) in [4.78, 5) is 42.2. The van der Waals surface area contributed by atoms with Gasteiger partial charge in [-0.25, -0.2) is 4.79 Å². The Labute approximate surface area is 179 Å². The van der Waals surface area contributed by atoms with Gasteiger partial charge in [-0.3, -0.25) is 14.6 Å². The van der Waals surface area contributed by atoms with E-state index in [-0.39, 0.29) is 23.7 Å². The molecule has 166 valence electrons. The lowest BCUT2D eigenvalue weighted by atomic mass is 9.98. The lowest BCUT2D eigenvalue weighted by Crippen LogP contribution is -2.56. The number of methoxy groups -OCH3 is 1. The van der Waals surface area contributed by atoms with E-state index < -0.39 is 30.0 Å². The predicted octanol–water partition coefficient (Wildman–Crippen LogP) is 2.58. The van der Waals surface area contributed by atoms with E-state index in [2.05, 4.69) is 15.6 Å². The summed E-state index contributed by atoms with van der Waals surface area (Å²) in [7, 11) is 1.28. The Morgan fingerprint density at radius 2 is 1.37 bits per heavy atom. The molecule has 0 heterocycles. The van der Waals surface area contributed by atoms with Crippen molar-refractivity contribution in [2.45, 2.75) is 59.7 Å². The lowest BCUT2D eigenvalue weighted by molar-refractivity contribution is -0.146. The highest BCUT2D eigenvalue weighted by Gasteiger charge is 2.32. The molecule has 0 aliphatic rings. The molecule has 1 rings (SSSR count). The van der Waals surface area contributed by atoms with Crippen LogP contribution in [0, 0.1) is 17.8 Å². The van der Waals surface area contributed by atoms with Crippen molar-refractivity contribution in [1.82, 2.24) is 10.6 Å². The highest BCUT2D eigenvalue weighted by Crippen LogP contribution is 2.11. The molecule has 7 heteroatoms. The standard InChI is InChI=1S/C23H35N3O4/c1-14(2)18(24-13-17-11-9-8-10-12-17)21(27)25-19(15(3)4)22(28)26-20(16(5)6)23(29)30-7/h8-16,18-20H,1-7H3,(H,25,27)(H,26,28)/t18-,19-,20-/m0/s1. The fourth-order valence-corrected chi connectivity index (χ4v) is 2.89. The molecule has 2 N–H and O–H groups in total. The molecule has 1 aromatic carbocycles. The quantitative estimate of drug-likeness (QED) is 0.452. The van der Waals surface area contributed by atoms with E-state index in [1.807, 2.05) is 71.9 Å². The number of benzene rings is 1. The second-order valence-corrected chi connectivity index (χ2v) is 8.36. The molecular weight excluding hydrogens is 382 g/mol. The van der Waals surface area contributed by atoms with E-state index in [4.69, 9.17) is 4.74 Å². The van der Waals surface area contributed by atoms with Crippen molar-refractivity contribution in [3.63, 3.8) is 0 Å². The Hall–Kier alpha value is -2.70. The van der Waals surface area contributed by atoms with Gasteiger partial charge in [0, 0.05) is 6.21 Å². The summed E-state index contributed by atoms with van der Waals surface area (Å²) in [6.07, 6.45) is 1.67. The molecule has 3 atom stereocenters. The Balaban J connectivity index is 2.95. The van der Waals surface area contributed by atoms with Gasteiger partial charge in [-0.1, -0.05) is 71.9 Å². The molecule has 0 fully saturated rings. The van der Waals surface area contributed by atoms with Crippen LogP contribution in [-0.2, 0) is 19.1 Å². The summed E-state index contributed by atoms with van der Waals surface area (Å²) in [5.74, 6) is -1.64. The maximum atomic E-state index is 12.9. The minimum atomic E-state index is -0.795. The minimum absolute atomic E-state index is 0.0562. The molecule has 0 bridgehead atoms. The monoisotopic (exact) mass is 417 g/mol. The molecule has 0 radical (unpaired) electrons. The first-order valence-corrected chi connectivity index (χ1v) is 10.3. The highest BCUT2D eigenvalue weighted by atomic mass is 16.5. The molecule has 1 aromatic rings. The van der Waals surface area contributed by atoms with E-state index in [1.54, 1.807) is 6.21 Å². The number of nitrogens with zero attached hydrogens (tertiary/aromatic N) is 1. The summed E-state index contributed by atoms with van der Waals surface area (Å²) < 4.78 is 4.78. The van der Waals surface area contributed by atoms with Gasteiger partial charge in [-0.15, -0.1) is 0 Å². The van der Waals surface area contributed by atoms with E-state index in [0.29, 0.717) is 0 Å². The van der Waals surface area contributed by atoms with E-state index in [9.17, 15) is 14.4 Å². The SMILES string of the molecule is COC(=O)[C@@H](NC(=O)[C@@H](NC(=O)[C@@H](N=Cc1ccccc1)C(C)C)C(C)C)C(C)C. The lowest BCUT2D eigenvalue weighted by Gasteiger charge is -2.27. The van der Waals surface area contributed by atoms with E-state index in [0.717, 1.165) is 5.56 Å². The Bertz CT molecular complexity index is 729. The summed E-state index contributed by atoms with van der Waals surface area (Å²) in [5.41, 5.74) is 0.895. The Morgan fingerprint density at radius 3 is 1.83 bits per heavy atom. The normalized spacial score (nSPS) is 14.6. The summed E-state index contributed by atoms with van der Waals surface area (Å²) in [6.45, 7) is 11.1. The van der Waals surface area contributed by atoms with Gasteiger partial charge in [0.05, 0.1) is 7.11 Å². The van der Waals surface area contributed by atoms with Gasteiger partial charge < -0.3 is 15.4 Å². The van der Waals surface area contributed by atoms with Crippen molar-refractivity contribution in [2.24, 2.45) is 22.7 Å². The third kappa shape index (κ3) is 7.61. The number of carbonyl (C=O) groups excluding carboxylic acids is 3. The largest absolute Gasteiger partial charge is 0.467 e. The average Bonchev–Trinajstić information content (AvgIpc) is 2.69. The third-order valence-corrected chi connectivity index (χ3v) is 4.75.